The van der Waals surface area contributed by atoms with E-state index in [2.05, 4.69) is 0 Å². The molecule has 0 saturated carbocycles. The lowest BCUT2D eigenvalue weighted by molar-refractivity contribution is -0.122. The minimum Gasteiger partial charge on any atom is -0.393 e. The normalized spacial score (nSPS) is 52.2. The molecule has 2 saturated heterocycles. The second-order valence-corrected chi connectivity index (χ2v) is 2.83. The van der Waals surface area contributed by atoms with Crippen molar-refractivity contribution in [2.45, 2.75) is 17.8 Å². The maximum absolute atomic E-state index is 9.37. The van der Waals surface area contributed by atoms with Gasteiger partial charge >= 0.3 is 0 Å². The zero-order valence-electron chi connectivity index (χ0n) is 5.49. The molecule has 2 rings (SSSR count). The van der Waals surface area contributed by atoms with Crippen LogP contribution in [0.5, 0.6) is 0 Å². The van der Waals surface area contributed by atoms with E-state index in [1.807, 2.05) is 0 Å². The van der Waals surface area contributed by atoms with Crippen LogP contribution in [0.25, 0.3) is 0 Å². The van der Waals surface area contributed by atoms with Crippen LogP contribution in [0.4, 0.5) is 0 Å². The summed E-state index contributed by atoms with van der Waals surface area (Å²) in [5, 5.41) is 18.2. The smallest absolute Gasteiger partial charge is 0.143 e. The standard InChI is InChI=1S/C6H10O4/c7-2-6-3-9-4(1-10-6)5(6)8/h4-5,7-8H,1-3H2/t4?,5?,6-/m0/s1. The lowest BCUT2D eigenvalue weighted by Gasteiger charge is -2.23. The summed E-state index contributed by atoms with van der Waals surface area (Å²) in [7, 11) is 0. The quantitative estimate of drug-likeness (QED) is 0.473. The highest BCUT2D eigenvalue weighted by atomic mass is 16.6. The van der Waals surface area contributed by atoms with Gasteiger partial charge in [0.2, 0.25) is 0 Å². The topological polar surface area (TPSA) is 58.9 Å². The second kappa shape index (κ2) is 1.92. The van der Waals surface area contributed by atoms with Crippen molar-refractivity contribution in [3.8, 4) is 0 Å². The molecular weight excluding hydrogens is 136 g/mol. The van der Waals surface area contributed by atoms with Crippen LogP contribution in [0.15, 0.2) is 0 Å². The molecule has 0 amide bonds. The summed E-state index contributed by atoms with van der Waals surface area (Å²) >= 11 is 0. The zero-order valence-corrected chi connectivity index (χ0v) is 5.49. The van der Waals surface area contributed by atoms with E-state index in [-0.39, 0.29) is 12.7 Å². The van der Waals surface area contributed by atoms with Crippen LogP contribution in [0.2, 0.25) is 0 Å². The Morgan fingerprint density at radius 1 is 1.60 bits per heavy atom. The number of ether oxygens (including phenoxy) is 2. The number of aliphatic hydroxyl groups is 2. The number of hydrogen-bond acceptors (Lipinski definition) is 4. The van der Waals surface area contributed by atoms with Crippen LogP contribution in [0.3, 0.4) is 0 Å². The lowest BCUT2D eigenvalue weighted by Crippen LogP contribution is -2.43. The molecule has 0 aromatic carbocycles. The highest BCUT2D eigenvalue weighted by Crippen LogP contribution is 2.34. The van der Waals surface area contributed by atoms with E-state index in [4.69, 9.17) is 14.6 Å². The molecule has 0 aromatic heterocycles. The first-order valence-electron chi connectivity index (χ1n) is 3.33. The molecule has 2 aliphatic heterocycles. The zero-order chi connectivity index (χ0) is 7.19. The van der Waals surface area contributed by atoms with E-state index in [0.717, 1.165) is 0 Å². The van der Waals surface area contributed by atoms with E-state index in [1.165, 1.54) is 0 Å². The third-order valence-corrected chi connectivity index (χ3v) is 2.24. The number of aliphatic hydroxyl groups excluding tert-OH is 2. The third-order valence-electron chi connectivity index (χ3n) is 2.24. The molecule has 2 bridgehead atoms. The number of rotatable bonds is 1. The van der Waals surface area contributed by atoms with Crippen molar-refractivity contribution in [1.82, 2.24) is 0 Å². The SMILES string of the molecule is OC[C@@]12COC(CO1)C2O. The fraction of sp³-hybridized carbons (Fsp3) is 1.00. The largest absolute Gasteiger partial charge is 0.393 e. The molecule has 58 valence electrons. The first-order valence-corrected chi connectivity index (χ1v) is 3.33. The number of hydrogen-bond donors (Lipinski definition) is 2. The Morgan fingerprint density at radius 2 is 2.40 bits per heavy atom. The maximum atomic E-state index is 9.37. The number of fused-ring (bicyclic) bond motifs is 2. The van der Waals surface area contributed by atoms with Crippen molar-refractivity contribution in [3.05, 3.63) is 0 Å². The summed E-state index contributed by atoms with van der Waals surface area (Å²) in [6.45, 7) is 0.557. The molecular formula is C6H10O4. The van der Waals surface area contributed by atoms with Gasteiger partial charge in [0.15, 0.2) is 0 Å². The van der Waals surface area contributed by atoms with Crippen molar-refractivity contribution in [1.29, 1.82) is 0 Å². The Labute approximate surface area is 58.4 Å². The molecule has 0 radical (unpaired) electrons. The van der Waals surface area contributed by atoms with Gasteiger partial charge in [0.1, 0.15) is 17.8 Å². The van der Waals surface area contributed by atoms with E-state index in [9.17, 15) is 5.11 Å². The Balaban J connectivity index is 2.22. The minimum atomic E-state index is -0.801. The molecule has 0 spiro atoms. The van der Waals surface area contributed by atoms with Crippen LogP contribution in [-0.2, 0) is 9.47 Å². The summed E-state index contributed by atoms with van der Waals surface area (Å²) in [5.74, 6) is 0. The minimum absolute atomic E-state index is 0.162. The van der Waals surface area contributed by atoms with Gasteiger partial charge in [0, 0.05) is 0 Å². The molecule has 2 N–H and O–H groups in total. The molecule has 0 aromatic rings. The Bertz CT molecular complexity index is 139. The van der Waals surface area contributed by atoms with Crippen molar-refractivity contribution in [2.75, 3.05) is 19.8 Å². The monoisotopic (exact) mass is 146 g/mol. The predicted octanol–water partition coefficient (Wildman–Crippen LogP) is -1.49. The van der Waals surface area contributed by atoms with Gasteiger partial charge in [-0.05, 0) is 0 Å². The summed E-state index contributed by atoms with van der Waals surface area (Å²) in [6.07, 6.45) is -0.857. The molecule has 2 heterocycles. The molecule has 3 atom stereocenters. The summed E-state index contributed by atoms with van der Waals surface area (Å²) < 4.78 is 10.3. The van der Waals surface area contributed by atoms with Gasteiger partial charge in [0.05, 0.1) is 19.8 Å². The van der Waals surface area contributed by atoms with Crippen LogP contribution in [-0.4, -0.2) is 47.8 Å². The average molecular weight is 146 g/mol. The van der Waals surface area contributed by atoms with Gasteiger partial charge < -0.3 is 19.7 Å². The van der Waals surface area contributed by atoms with Gasteiger partial charge in [-0.25, -0.2) is 0 Å². The van der Waals surface area contributed by atoms with Crippen molar-refractivity contribution in [3.63, 3.8) is 0 Å². The van der Waals surface area contributed by atoms with Crippen LogP contribution in [0.1, 0.15) is 0 Å². The Morgan fingerprint density at radius 3 is 2.60 bits per heavy atom. The molecule has 2 fully saturated rings. The van der Waals surface area contributed by atoms with E-state index < -0.39 is 11.7 Å². The molecule has 4 heteroatoms. The lowest BCUT2D eigenvalue weighted by atomic mass is 10.0. The van der Waals surface area contributed by atoms with Gasteiger partial charge in [-0.2, -0.15) is 0 Å². The molecule has 4 nitrogen and oxygen atoms in total. The van der Waals surface area contributed by atoms with Gasteiger partial charge in [-0.15, -0.1) is 0 Å². The average Bonchev–Trinajstić information content (AvgIpc) is 2.46. The summed E-state index contributed by atoms with van der Waals surface area (Å²) in [5.41, 5.74) is -0.801. The Hall–Kier alpha value is -0.160. The fourth-order valence-corrected chi connectivity index (χ4v) is 1.46. The highest BCUT2D eigenvalue weighted by molar-refractivity contribution is 5.03. The van der Waals surface area contributed by atoms with Crippen LogP contribution < -0.4 is 0 Å². The van der Waals surface area contributed by atoms with Crippen molar-refractivity contribution in [2.24, 2.45) is 0 Å². The first-order chi connectivity index (χ1) is 4.78. The second-order valence-electron chi connectivity index (χ2n) is 2.83. The Kier molecular flexibility index (Phi) is 1.25. The molecule has 2 aliphatic rings. The van der Waals surface area contributed by atoms with E-state index in [1.54, 1.807) is 0 Å². The first kappa shape index (κ1) is 6.54. The third kappa shape index (κ3) is 0.594. The fourth-order valence-electron chi connectivity index (χ4n) is 1.46. The van der Waals surface area contributed by atoms with Crippen molar-refractivity contribution < 1.29 is 19.7 Å². The maximum Gasteiger partial charge on any atom is 0.143 e. The predicted molar refractivity (Wildman–Crippen MR) is 31.5 cm³/mol. The molecule has 2 unspecified atom stereocenters. The van der Waals surface area contributed by atoms with Gasteiger partial charge in [-0.3, -0.25) is 0 Å². The molecule has 10 heavy (non-hydrogen) atoms. The van der Waals surface area contributed by atoms with E-state index >= 15 is 0 Å². The summed E-state index contributed by atoms with van der Waals surface area (Å²) in [6, 6.07) is 0. The van der Waals surface area contributed by atoms with Gasteiger partial charge in [-0.1, -0.05) is 0 Å². The summed E-state index contributed by atoms with van der Waals surface area (Å²) in [4.78, 5) is 0. The molecule has 0 aliphatic carbocycles. The van der Waals surface area contributed by atoms with Crippen molar-refractivity contribution >= 4 is 0 Å². The highest BCUT2D eigenvalue weighted by Gasteiger charge is 2.55. The van der Waals surface area contributed by atoms with E-state index in [0.29, 0.717) is 13.2 Å². The van der Waals surface area contributed by atoms with Gasteiger partial charge in [0.25, 0.3) is 0 Å². The van der Waals surface area contributed by atoms with Crippen LogP contribution >= 0.6 is 0 Å². The van der Waals surface area contributed by atoms with Crippen LogP contribution in [0, 0.1) is 0 Å².